The van der Waals surface area contributed by atoms with Crippen LogP contribution in [0.2, 0.25) is 0 Å². The number of benzene rings is 2. The van der Waals surface area contributed by atoms with Crippen molar-refractivity contribution in [3.8, 4) is 22.0 Å². The lowest BCUT2D eigenvalue weighted by molar-refractivity contribution is 0.102. The third-order valence-electron chi connectivity index (χ3n) is 6.35. The monoisotopic (exact) mass is 545 g/mol. The summed E-state index contributed by atoms with van der Waals surface area (Å²) in [7, 11) is 1.67. The van der Waals surface area contributed by atoms with Gasteiger partial charge in [-0.1, -0.05) is 53.8 Å². The summed E-state index contributed by atoms with van der Waals surface area (Å²) in [6.07, 6.45) is 0. The van der Waals surface area contributed by atoms with Crippen LogP contribution in [0.25, 0.3) is 22.0 Å². The minimum Gasteiger partial charge on any atom is -0.383 e. The number of carbonyl (C=O) groups is 1. The van der Waals surface area contributed by atoms with Gasteiger partial charge < -0.3 is 24.6 Å². The molecule has 10 nitrogen and oxygen atoms in total. The Morgan fingerprint density at radius 1 is 1.08 bits per heavy atom. The number of ether oxygens (including phenoxy) is 2. The van der Waals surface area contributed by atoms with Gasteiger partial charge in [0.1, 0.15) is 11.5 Å². The summed E-state index contributed by atoms with van der Waals surface area (Å²) in [5.41, 5.74) is 2.55. The SMILES string of the molecule is CCN(CCOC)c1cc(C(=O)Nc2ccccc2-c2nnc(N3CCOCC3)s2)nc(-c2ccccc2)n1. The van der Waals surface area contributed by atoms with Gasteiger partial charge in [0.05, 0.1) is 25.5 Å². The fraction of sp³-hybridized carbons (Fsp3) is 0.321. The summed E-state index contributed by atoms with van der Waals surface area (Å²) in [5.74, 6) is 0.826. The molecule has 2 aromatic heterocycles. The molecule has 0 spiro atoms. The van der Waals surface area contributed by atoms with Crippen molar-refractivity contribution in [2.45, 2.75) is 6.92 Å². The second-order valence-corrected chi connectivity index (χ2v) is 9.82. The van der Waals surface area contributed by atoms with Gasteiger partial charge in [-0.3, -0.25) is 4.79 Å². The van der Waals surface area contributed by atoms with E-state index in [-0.39, 0.29) is 11.6 Å². The first-order valence-corrected chi connectivity index (χ1v) is 13.7. The number of amides is 1. The topological polar surface area (TPSA) is 106 Å². The van der Waals surface area contributed by atoms with Crippen molar-refractivity contribution in [2.24, 2.45) is 0 Å². The second-order valence-electron chi connectivity index (χ2n) is 8.86. The largest absolute Gasteiger partial charge is 0.383 e. The fourth-order valence-corrected chi connectivity index (χ4v) is 5.17. The molecule has 1 aliphatic rings. The molecule has 0 aliphatic carbocycles. The maximum absolute atomic E-state index is 13.6. The number of hydrogen-bond acceptors (Lipinski definition) is 10. The maximum atomic E-state index is 13.6. The van der Waals surface area contributed by atoms with Crippen molar-refractivity contribution in [3.05, 3.63) is 66.4 Å². The summed E-state index contributed by atoms with van der Waals surface area (Å²) >= 11 is 1.50. The molecule has 1 N–H and O–H groups in total. The number of nitrogens with zero attached hydrogens (tertiary/aromatic N) is 6. The van der Waals surface area contributed by atoms with Crippen molar-refractivity contribution in [1.29, 1.82) is 0 Å². The Kier molecular flexibility index (Phi) is 8.71. The van der Waals surface area contributed by atoms with Crippen molar-refractivity contribution in [2.75, 3.05) is 68.2 Å². The highest BCUT2D eigenvalue weighted by atomic mass is 32.1. The van der Waals surface area contributed by atoms with Gasteiger partial charge in [-0.2, -0.15) is 0 Å². The lowest BCUT2D eigenvalue weighted by Crippen LogP contribution is -2.36. The van der Waals surface area contributed by atoms with Crippen LogP contribution in [0.1, 0.15) is 17.4 Å². The van der Waals surface area contributed by atoms with Gasteiger partial charge in [0, 0.05) is 50.5 Å². The molecule has 0 bridgehead atoms. The third kappa shape index (κ3) is 6.39. The Balaban J connectivity index is 1.44. The van der Waals surface area contributed by atoms with E-state index in [1.54, 1.807) is 13.2 Å². The van der Waals surface area contributed by atoms with Crippen LogP contribution in [0, 0.1) is 0 Å². The number of carbonyl (C=O) groups excluding carboxylic acids is 1. The molecule has 1 saturated heterocycles. The summed E-state index contributed by atoms with van der Waals surface area (Å²) in [5, 5.41) is 13.5. The van der Waals surface area contributed by atoms with E-state index in [0.717, 1.165) is 34.4 Å². The first kappa shape index (κ1) is 26.7. The molecule has 11 heteroatoms. The number of nitrogens with one attached hydrogen (secondary N) is 1. The Bertz CT molecular complexity index is 1390. The lowest BCUT2D eigenvalue weighted by atomic mass is 10.1. The smallest absolute Gasteiger partial charge is 0.274 e. The van der Waals surface area contributed by atoms with Crippen LogP contribution in [0.4, 0.5) is 16.6 Å². The van der Waals surface area contributed by atoms with Crippen LogP contribution in [0.3, 0.4) is 0 Å². The fourth-order valence-electron chi connectivity index (χ4n) is 4.24. The molecular formula is C28H31N7O3S. The van der Waals surface area contributed by atoms with E-state index >= 15 is 0 Å². The molecule has 0 saturated carbocycles. The predicted octanol–water partition coefficient (Wildman–Crippen LogP) is 4.22. The van der Waals surface area contributed by atoms with Crippen molar-refractivity contribution >= 4 is 33.9 Å². The Morgan fingerprint density at radius 2 is 1.85 bits per heavy atom. The number of para-hydroxylation sites is 1. The zero-order valence-corrected chi connectivity index (χ0v) is 22.9. The first-order chi connectivity index (χ1) is 19.2. The molecule has 5 rings (SSSR count). The van der Waals surface area contributed by atoms with E-state index in [2.05, 4.69) is 30.3 Å². The van der Waals surface area contributed by atoms with Gasteiger partial charge in [-0.15, -0.1) is 10.2 Å². The quantitative estimate of drug-likeness (QED) is 0.313. The van der Waals surface area contributed by atoms with Crippen molar-refractivity contribution in [3.63, 3.8) is 0 Å². The summed E-state index contributed by atoms with van der Waals surface area (Å²) < 4.78 is 10.7. The summed E-state index contributed by atoms with van der Waals surface area (Å²) in [6, 6.07) is 19.0. The standard InChI is InChI=1S/C28H31N7O3S/c1-3-34(13-16-37-2)24-19-23(29-25(31-24)20-9-5-4-6-10-20)26(36)30-22-12-8-7-11-21(22)27-32-33-28(39-27)35-14-17-38-18-15-35/h4-12,19H,3,13-18H2,1-2H3,(H,30,36). The molecule has 0 atom stereocenters. The highest BCUT2D eigenvalue weighted by molar-refractivity contribution is 7.18. The number of likely N-dealkylation sites (N-methyl/N-ethyl adjacent to an activating group) is 1. The summed E-state index contributed by atoms with van der Waals surface area (Å²) in [6.45, 7) is 6.86. The highest BCUT2D eigenvalue weighted by Crippen LogP contribution is 2.34. The number of methoxy groups -OCH3 is 1. The predicted molar refractivity (Wildman–Crippen MR) is 154 cm³/mol. The minimum atomic E-state index is -0.330. The number of aromatic nitrogens is 4. The number of anilines is 3. The van der Waals surface area contributed by atoms with Crippen LogP contribution < -0.4 is 15.1 Å². The van der Waals surface area contributed by atoms with Crippen LogP contribution >= 0.6 is 11.3 Å². The van der Waals surface area contributed by atoms with Crippen LogP contribution in [0.5, 0.6) is 0 Å². The first-order valence-electron chi connectivity index (χ1n) is 12.9. The number of rotatable bonds is 10. The highest BCUT2D eigenvalue weighted by Gasteiger charge is 2.20. The Morgan fingerprint density at radius 3 is 2.62 bits per heavy atom. The lowest BCUT2D eigenvalue weighted by Gasteiger charge is -2.25. The average Bonchev–Trinajstić information content (AvgIpc) is 3.49. The third-order valence-corrected chi connectivity index (χ3v) is 7.37. The Hall–Kier alpha value is -3.93. The minimum absolute atomic E-state index is 0.274. The van der Waals surface area contributed by atoms with Gasteiger partial charge in [0.15, 0.2) is 10.8 Å². The molecule has 0 radical (unpaired) electrons. The molecular weight excluding hydrogens is 514 g/mol. The zero-order chi connectivity index (χ0) is 27.0. The summed E-state index contributed by atoms with van der Waals surface area (Å²) in [4.78, 5) is 27.3. The number of morpholine rings is 1. The molecule has 3 heterocycles. The molecule has 39 heavy (non-hydrogen) atoms. The van der Waals surface area contributed by atoms with E-state index in [0.29, 0.717) is 50.2 Å². The van der Waals surface area contributed by atoms with Gasteiger partial charge >= 0.3 is 0 Å². The molecule has 1 amide bonds. The van der Waals surface area contributed by atoms with Crippen LogP contribution in [-0.4, -0.2) is 79.2 Å². The average molecular weight is 546 g/mol. The zero-order valence-electron chi connectivity index (χ0n) is 22.0. The van der Waals surface area contributed by atoms with Gasteiger partial charge in [-0.25, -0.2) is 9.97 Å². The molecule has 1 fully saturated rings. The molecule has 0 unspecified atom stereocenters. The van der Waals surface area contributed by atoms with Crippen molar-refractivity contribution in [1.82, 2.24) is 20.2 Å². The molecule has 2 aromatic carbocycles. The van der Waals surface area contributed by atoms with E-state index in [4.69, 9.17) is 14.5 Å². The normalized spacial score (nSPS) is 13.3. The maximum Gasteiger partial charge on any atom is 0.274 e. The number of hydrogen-bond donors (Lipinski definition) is 1. The van der Waals surface area contributed by atoms with Gasteiger partial charge in [-0.05, 0) is 19.1 Å². The van der Waals surface area contributed by atoms with Crippen LogP contribution in [-0.2, 0) is 9.47 Å². The Labute approximate surface area is 231 Å². The second kappa shape index (κ2) is 12.7. The van der Waals surface area contributed by atoms with Gasteiger partial charge in [0.25, 0.3) is 5.91 Å². The van der Waals surface area contributed by atoms with E-state index in [1.807, 2.05) is 61.5 Å². The van der Waals surface area contributed by atoms with E-state index in [1.165, 1.54) is 11.3 Å². The van der Waals surface area contributed by atoms with Gasteiger partial charge in [0.2, 0.25) is 5.13 Å². The van der Waals surface area contributed by atoms with Crippen LogP contribution in [0.15, 0.2) is 60.7 Å². The van der Waals surface area contributed by atoms with E-state index in [9.17, 15) is 4.79 Å². The molecule has 202 valence electrons. The van der Waals surface area contributed by atoms with E-state index < -0.39 is 0 Å². The van der Waals surface area contributed by atoms with Crippen molar-refractivity contribution < 1.29 is 14.3 Å². The molecule has 4 aromatic rings. The molecule has 1 aliphatic heterocycles.